The van der Waals surface area contributed by atoms with Gasteiger partial charge in [0.2, 0.25) is 11.8 Å². The molecule has 2 bridgehead atoms. The molecule has 8 nitrogen and oxygen atoms in total. The van der Waals surface area contributed by atoms with E-state index in [1.807, 2.05) is 20.8 Å². The Hall–Kier alpha value is -1.45. The molecule has 3 rings (SSSR count). The maximum absolute atomic E-state index is 14.4. The highest BCUT2D eigenvalue weighted by Crippen LogP contribution is 2.60. The topological polar surface area (TPSA) is 107 Å². The van der Waals surface area contributed by atoms with Crippen LogP contribution in [0.25, 0.3) is 0 Å². The number of aliphatic carboxylic acids is 1. The van der Waals surface area contributed by atoms with E-state index in [9.17, 15) is 24.6 Å². The summed E-state index contributed by atoms with van der Waals surface area (Å²) in [6.07, 6.45) is 2.47. The summed E-state index contributed by atoms with van der Waals surface area (Å²) in [5.41, 5.74) is -1.88. The van der Waals surface area contributed by atoms with Crippen LogP contribution in [-0.4, -0.2) is 85.1 Å². The predicted octanol–water partition coefficient (Wildman–Crippen LogP) is 2.82. The number of likely N-dealkylation sites (tertiary alicyclic amines) is 1. The first-order valence-electron chi connectivity index (χ1n) is 12.1. The number of carboxylic acid groups (broad SMARTS) is 1. The van der Waals surface area contributed by atoms with E-state index in [2.05, 4.69) is 43.3 Å². The fourth-order valence-electron chi connectivity index (χ4n) is 6.74. The van der Waals surface area contributed by atoms with Crippen LogP contribution in [0.1, 0.15) is 60.8 Å². The number of aliphatic hydroxyl groups is 1. The van der Waals surface area contributed by atoms with Crippen molar-refractivity contribution in [3.05, 3.63) is 12.7 Å². The summed E-state index contributed by atoms with van der Waals surface area (Å²) in [5.74, 6) is -3.81. The number of amides is 2. The Kier molecular flexibility index (Phi) is 7.35. The van der Waals surface area contributed by atoms with E-state index in [0.717, 1.165) is 0 Å². The molecule has 3 fully saturated rings. The van der Waals surface area contributed by atoms with Crippen LogP contribution in [0.3, 0.4) is 0 Å². The monoisotopic (exact) mass is 542 g/mol. The second kappa shape index (κ2) is 9.21. The molecule has 9 heteroatoms. The Balaban J connectivity index is 2.15. The Morgan fingerprint density at radius 1 is 1.35 bits per heavy atom. The van der Waals surface area contributed by atoms with Crippen LogP contribution in [0.5, 0.6) is 0 Å². The molecule has 192 valence electrons. The summed E-state index contributed by atoms with van der Waals surface area (Å²) >= 11 is 3.56. The number of ether oxygens (including phenoxy) is 1. The van der Waals surface area contributed by atoms with Crippen LogP contribution in [0.4, 0.5) is 0 Å². The Morgan fingerprint density at radius 2 is 1.97 bits per heavy atom. The molecule has 0 aromatic rings. The van der Waals surface area contributed by atoms with Crippen LogP contribution >= 0.6 is 15.9 Å². The van der Waals surface area contributed by atoms with Crippen LogP contribution in [0, 0.1) is 17.3 Å². The molecule has 3 aliphatic heterocycles. The SMILES string of the molecule is C=CCN(C(=O)[C@H]1N([C@@H](CC)CO)C(=O)[C@@H]2[C@@H](C(=O)O)[C@@H]3O[C@@]21CC3Br)C(C)(C)CC(C)(C)C. The molecule has 0 aromatic carbocycles. The quantitative estimate of drug-likeness (QED) is 0.342. The molecule has 0 saturated carbocycles. The number of nitrogens with zero attached hydrogens (tertiary/aromatic N) is 2. The number of carbonyl (C=O) groups excluding carboxylic acids is 2. The molecular formula is C25H39BrN2O6. The van der Waals surface area contributed by atoms with Crippen molar-refractivity contribution < 1.29 is 29.3 Å². The number of carboxylic acids is 1. The van der Waals surface area contributed by atoms with E-state index in [1.54, 1.807) is 11.0 Å². The van der Waals surface area contributed by atoms with Crippen molar-refractivity contribution in [2.24, 2.45) is 17.3 Å². The normalized spacial score (nSPS) is 33.7. The number of rotatable bonds is 9. The Morgan fingerprint density at radius 3 is 2.44 bits per heavy atom. The minimum absolute atomic E-state index is 0.0655. The van der Waals surface area contributed by atoms with Crippen LogP contribution < -0.4 is 0 Å². The fraction of sp³-hybridized carbons (Fsp3) is 0.800. The molecule has 3 heterocycles. The lowest BCUT2D eigenvalue weighted by atomic mass is 9.70. The second-order valence-corrected chi connectivity index (χ2v) is 13.0. The van der Waals surface area contributed by atoms with Gasteiger partial charge in [0.05, 0.1) is 30.6 Å². The van der Waals surface area contributed by atoms with Gasteiger partial charge in [0.25, 0.3) is 0 Å². The van der Waals surface area contributed by atoms with Crippen LogP contribution in [0.2, 0.25) is 0 Å². The van der Waals surface area contributed by atoms with Crippen molar-refractivity contribution in [2.45, 2.75) is 95.0 Å². The summed E-state index contributed by atoms with van der Waals surface area (Å²) < 4.78 is 6.34. The van der Waals surface area contributed by atoms with Gasteiger partial charge in [-0.05, 0) is 38.5 Å². The number of hydrogen-bond donors (Lipinski definition) is 2. The predicted molar refractivity (Wildman–Crippen MR) is 131 cm³/mol. The molecule has 0 aromatic heterocycles. The average molecular weight is 543 g/mol. The van der Waals surface area contributed by atoms with Crippen molar-refractivity contribution in [2.75, 3.05) is 13.2 Å². The van der Waals surface area contributed by atoms with Gasteiger partial charge in [0.15, 0.2) is 0 Å². The van der Waals surface area contributed by atoms with Crippen molar-refractivity contribution >= 4 is 33.7 Å². The first-order valence-corrected chi connectivity index (χ1v) is 13.0. The molecule has 3 saturated heterocycles. The highest BCUT2D eigenvalue weighted by molar-refractivity contribution is 9.09. The first kappa shape index (κ1) is 27.1. The molecule has 1 unspecified atom stereocenters. The molecule has 2 N–H and O–H groups in total. The minimum atomic E-state index is -1.25. The zero-order chi connectivity index (χ0) is 25.8. The number of carbonyl (C=O) groups is 3. The summed E-state index contributed by atoms with van der Waals surface area (Å²) in [6, 6.07) is -1.63. The standard InChI is InChI=1S/C25H39BrN2O6/c1-8-10-27(24(6,7)13-23(3,4)5)21(31)19-25-11-15(26)18(34-25)16(22(32)33)17(25)20(30)28(19)14(9-2)12-29/h8,14-19,29H,1,9-13H2,2-7H3,(H,32,33)/t14-,15?,16+,17-,18+,19+,25-/m0/s1. The highest BCUT2D eigenvalue weighted by atomic mass is 79.9. The van der Waals surface area contributed by atoms with E-state index in [0.29, 0.717) is 19.3 Å². The maximum atomic E-state index is 14.4. The number of hydrogen-bond acceptors (Lipinski definition) is 5. The van der Waals surface area contributed by atoms with Gasteiger partial charge in [-0.15, -0.1) is 6.58 Å². The zero-order valence-electron chi connectivity index (χ0n) is 21.1. The Labute approximate surface area is 210 Å². The van der Waals surface area contributed by atoms with Crippen molar-refractivity contribution in [3.63, 3.8) is 0 Å². The number of halogens is 1. The Bertz CT molecular complexity index is 851. The van der Waals surface area contributed by atoms with Gasteiger partial charge >= 0.3 is 5.97 Å². The molecule has 0 radical (unpaired) electrons. The zero-order valence-corrected chi connectivity index (χ0v) is 22.7. The lowest BCUT2D eigenvalue weighted by molar-refractivity contribution is -0.156. The summed E-state index contributed by atoms with van der Waals surface area (Å²) in [6.45, 7) is 16.0. The third-order valence-corrected chi connectivity index (χ3v) is 8.44. The lowest BCUT2D eigenvalue weighted by Gasteiger charge is -2.46. The fourth-order valence-corrected chi connectivity index (χ4v) is 7.68. The van der Waals surface area contributed by atoms with Crippen LogP contribution in [0.15, 0.2) is 12.7 Å². The minimum Gasteiger partial charge on any atom is -0.481 e. The van der Waals surface area contributed by atoms with Crippen molar-refractivity contribution in [1.29, 1.82) is 0 Å². The molecule has 1 spiro atoms. The van der Waals surface area contributed by atoms with E-state index < -0.39 is 53.0 Å². The van der Waals surface area contributed by atoms with Gasteiger partial charge in [-0.3, -0.25) is 14.4 Å². The summed E-state index contributed by atoms with van der Waals surface area (Å²) in [4.78, 5) is 43.4. The summed E-state index contributed by atoms with van der Waals surface area (Å²) in [7, 11) is 0. The van der Waals surface area contributed by atoms with Gasteiger partial charge in [-0.1, -0.05) is 49.7 Å². The van der Waals surface area contributed by atoms with Gasteiger partial charge in [0, 0.05) is 16.9 Å². The van der Waals surface area contributed by atoms with E-state index in [4.69, 9.17) is 4.74 Å². The third kappa shape index (κ3) is 4.22. The van der Waals surface area contributed by atoms with Gasteiger partial charge in [-0.2, -0.15) is 0 Å². The largest absolute Gasteiger partial charge is 0.481 e. The molecule has 34 heavy (non-hydrogen) atoms. The third-order valence-electron chi connectivity index (χ3n) is 7.59. The summed E-state index contributed by atoms with van der Waals surface area (Å²) in [5, 5.41) is 20.1. The average Bonchev–Trinajstić information content (AvgIpc) is 3.29. The number of aliphatic hydroxyl groups excluding tert-OH is 1. The molecule has 3 aliphatic rings. The number of fused-ring (bicyclic) bond motifs is 1. The highest BCUT2D eigenvalue weighted by Gasteiger charge is 2.77. The van der Waals surface area contributed by atoms with Gasteiger partial charge in [-0.25, -0.2) is 0 Å². The smallest absolute Gasteiger partial charge is 0.310 e. The molecule has 2 amide bonds. The maximum Gasteiger partial charge on any atom is 0.310 e. The number of alkyl halides is 1. The van der Waals surface area contributed by atoms with Crippen molar-refractivity contribution in [1.82, 2.24) is 9.80 Å². The van der Waals surface area contributed by atoms with Gasteiger partial charge < -0.3 is 24.7 Å². The van der Waals surface area contributed by atoms with E-state index in [-0.39, 0.29) is 29.3 Å². The second-order valence-electron chi connectivity index (χ2n) is 11.8. The van der Waals surface area contributed by atoms with Crippen LogP contribution in [-0.2, 0) is 19.1 Å². The molecule has 0 aliphatic carbocycles. The van der Waals surface area contributed by atoms with E-state index >= 15 is 0 Å². The molecule has 7 atom stereocenters. The van der Waals surface area contributed by atoms with Crippen molar-refractivity contribution in [3.8, 4) is 0 Å². The first-order chi connectivity index (χ1) is 15.7. The lowest BCUT2D eigenvalue weighted by Crippen LogP contribution is -2.62. The van der Waals surface area contributed by atoms with Gasteiger partial charge in [0.1, 0.15) is 11.6 Å². The molecular weight excluding hydrogens is 504 g/mol. The van der Waals surface area contributed by atoms with E-state index in [1.165, 1.54) is 4.90 Å².